The topological polar surface area (TPSA) is 12.0 Å². The second-order valence-corrected chi connectivity index (χ2v) is 4.06. The molecule has 1 saturated heterocycles. The first-order valence-electron chi connectivity index (χ1n) is 4.89. The van der Waals surface area contributed by atoms with Crippen molar-refractivity contribution in [3.63, 3.8) is 0 Å². The highest BCUT2D eigenvalue weighted by atomic mass is 35.5. The number of halogens is 2. The summed E-state index contributed by atoms with van der Waals surface area (Å²) in [6, 6.07) is 7.96. The normalized spacial score (nSPS) is 27.6. The van der Waals surface area contributed by atoms with Crippen LogP contribution in [0.4, 0.5) is 4.39 Å². The molecule has 0 spiro atoms. The number of piperidine rings is 1. The average molecular weight is 214 g/mol. The third-order valence-corrected chi connectivity index (χ3v) is 2.98. The molecule has 1 aliphatic rings. The van der Waals surface area contributed by atoms with Gasteiger partial charge in [-0.05, 0) is 24.5 Å². The van der Waals surface area contributed by atoms with E-state index in [4.69, 9.17) is 11.6 Å². The Labute approximate surface area is 88.3 Å². The zero-order valence-electron chi connectivity index (χ0n) is 7.84. The molecule has 14 heavy (non-hydrogen) atoms. The first kappa shape index (κ1) is 9.94. The van der Waals surface area contributed by atoms with Crippen LogP contribution < -0.4 is 5.32 Å². The Balaban J connectivity index is 2.12. The van der Waals surface area contributed by atoms with Crippen molar-refractivity contribution in [1.82, 2.24) is 5.32 Å². The van der Waals surface area contributed by atoms with Crippen LogP contribution in [-0.2, 0) is 0 Å². The Bertz CT molecular complexity index is 308. The van der Waals surface area contributed by atoms with Gasteiger partial charge in [-0.1, -0.05) is 29.8 Å². The van der Waals surface area contributed by atoms with Crippen molar-refractivity contribution in [3.8, 4) is 0 Å². The Morgan fingerprint density at radius 2 is 2.07 bits per heavy atom. The lowest BCUT2D eigenvalue weighted by atomic mass is 9.97. The summed E-state index contributed by atoms with van der Waals surface area (Å²) in [5.41, 5.74) is 1.08. The van der Waals surface area contributed by atoms with E-state index in [1.54, 1.807) is 0 Å². The Kier molecular flexibility index (Phi) is 3.04. The van der Waals surface area contributed by atoms with Gasteiger partial charge in [0.15, 0.2) is 0 Å². The molecule has 1 N–H and O–H groups in total. The Morgan fingerprint density at radius 1 is 1.29 bits per heavy atom. The quantitative estimate of drug-likeness (QED) is 0.756. The SMILES string of the molecule is FC1CCC(c2ccccc2Cl)NC1. The van der Waals surface area contributed by atoms with E-state index < -0.39 is 6.17 Å². The lowest BCUT2D eigenvalue weighted by Crippen LogP contribution is -2.34. The van der Waals surface area contributed by atoms with Crippen LogP contribution in [-0.4, -0.2) is 12.7 Å². The van der Waals surface area contributed by atoms with Gasteiger partial charge in [-0.25, -0.2) is 4.39 Å². The molecule has 0 saturated carbocycles. The van der Waals surface area contributed by atoms with Gasteiger partial charge in [0.1, 0.15) is 6.17 Å². The molecule has 0 aliphatic carbocycles. The molecule has 3 heteroatoms. The van der Waals surface area contributed by atoms with Crippen LogP contribution in [0.25, 0.3) is 0 Å². The zero-order chi connectivity index (χ0) is 9.97. The van der Waals surface area contributed by atoms with Crippen molar-refractivity contribution >= 4 is 11.6 Å². The Morgan fingerprint density at radius 3 is 2.71 bits per heavy atom. The smallest absolute Gasteiger partial charge is 0.113 e. The highest BCUT2D eigenvalue weighted by Gasteiger charge is 2.22. The molecule has 1 aromatic carbocycles. The minimum Gasteiger partial charge on any atom is -0.307 e. The van der Waals surface area contributed by atoms with Crippen molar-refractivity contribution < 1.29 is 4.39 Å². The fourth-order valence-corrected chi connectivity index (χ4v) is 2.11. The molecule has 2 atom stereocenters. The van der Waals surface area contributed by atoms with Crippen molar-refractivity contribution in [2.45, 2.75) is 25.1 Å². The van der Waals surface area contributed by atoms with Crippen molar-refractivity contribution in [3.05, 3.63) is 34.9 Å². The molecule has 2 rings (SSSR count). The molecule has 0 aromatic heterocycles. The summed E-state index contributed by atoms with van der Waals surface area (Å²) in [4.78, 5) is 0. The van der Waals surface area contributed by atoms with Gasteiger partial charge in [0.25, 0.3) is 0 Å². The maximum atomic E-state index is 12.9. The molecule has 2 unspecified atom stereocenters. The third-order valence-electron chi connectivity index (χ3n) is 2.63. The van der Waals surface area contributed by atoms with E-state index in [-0.39, 0.29) is 6.04 Å². The highest BCUT2D eigenvalue weighted by molar-refractivity contribution is 6.31. The number of nitrogens with one attached hydrogen (secondary N) is 1. The van der Waals surface area contributed by atoms with Gasteiger partial charge >= 0.3 is 0 Å². The van der Waals surface area contributed by atoms with Crippen LogP contribution in [0.5, 0.6) is 0 Å². The van der Waals surface area contributed by atoms with Crippen molar-refractivity contribution in [2.24, 2.45) is 0 Å². The number of benzene rings is 1. The molecule has 1 aromatic rings. The zero-order valence-corrected chi connectivity index (χ0v) is 8.60. The van der Waals surface area contributed by atoms with E-state index in [1.165, 1.54) is 0 Å². The van der Waals surface area contributed by atoms with Gasteiger partial charge in [0, 0.05) is 17.6 Å². The van der Waals surface area contributed by atoms with Crippen LogP contribution in [0.15, 0.2) is 24.3 Å². The summed E-state index contributed by atoms with van der Waals surface area (Å²) >= 11 is 6.06. The molecule has 1 fully saturated rings. The third kappa shape index (κ3) is 2.07. The van der Waals surface area contributed by atoms with E-state index in [0.29, 0.717) is 13.0 Å². The fraction of sp³-hybridized carbons (Fsp3) is 0.455. The Hall–Kier alpha value is -0.600. The van der Waals surface area contributed by atoms with E-state index in [1.807, 2.05) is 24.3 Å². The van der Waals surface area contributed by atoms with Crippen molar-refractivity contribution in [1.29, 1.82) is 0 Å². The van der Waals surface area contributed by atoms with E-state index >= 15 is 0 Å². The van der Waals surface area contributed by atoms with E-state index in [2.05, 4.69) is 5.32 Å². The summed E-state index contributed by atoms with van der Waals surface area (Å²) in [5.74, 6) is 0. The summed E-state index contributed by atoms with van der Waals surface area (Å²) in [5, 5.41) is 3.93. The van der Waals surface area contributed by atoms with Crippen molar-refractivity contribution in [2.75, 3.05) is 6.54 Å². The number of hydrogen-bond acceptors (Lipinski definition) is 1. The number of rotatable bonds is 1. The molecule has 0 radical (unpaired) electrons. The molecular weight excluding hydrogens is 201 g/mol. The second kappa shape index (κ2) is 4.28. The second-order valence-electron chi connectivity index (χ2n) is 3.66. The van der Waals surface area contributed by atoms with Crippen LogP contribution in [0.1, 0.15) is 24.4 Å². The summed E-state index contributed by atoms with van der Waals surface area (Å²) in [6.07, 6.45) is 0.752. The minimum absolute atomic E-state index is 0.218. The van der Waals surface area contributed by atoms with Crippen LogP contribution >= 0.6 is 11.6 Å². The summed E-state index contributed by atoms with van der Waals surface area (Å²) in [7, 11) is 0. The number of hydrogen-bond donors (Lipinski definition) is 1. The van der Waals surface area contributed by atoms with Gasteiger partial charge in [0.05, 0.1) is 0 Å². The lowest BCUT2D eigenvalue weighted by molar-refractivity contribution is 0.234. The largest absolute Gasteiger partial charge is 0.307 e. The fourth-order valence-electron chi connectivity index (χ4n) is 1.84. The standard InChI is InChI=1S/C11H13ClFN/c12-10-4-2-1-3-9(10)11-6-5-8(13)7-14-11/h1-4,8,11,14H,5-7H2. The van der Waals surface area contributed by atoms with Gasteiger partial charge in [-0.3, -0.25) is 0 Å². The molecule has 1 aliphatic heterocycles. The molecule has 1 heterocycles. The maximum absolute atomic E-state index is 12.9. The van der Waals surface area contributed by atoms with Gasteiger partial charge in [0.2, 0.25) is 0 Å². The monoisotopic (exact) mass is 213 g/mol. The lowest BCUT2D eigenvalue weighted by Gasteiger charge is -2.26. The average Bonchev–Trinajstić information content (AvgIpc) is 2.20. The van der Waals surface area contributed by atoms with Gasteiger partial charge in [-0.2, -0.15) is 0 Å². The first-order valence-corrected chi connectivity index (χ1v) is 5.27. The summed E-state index contributed by atoms with van der Waals surface area (Å²) < 4.78 is 12.9. The predicted molar refractivity (Wildman–Crippen MR) is 56.3 cm³/mol. The van der Waals surface area contributed by atoms with Crippen LogP contribution in [0.2, 0.25) is 5.02 Å². The molecule has 0 amide bonds. The van der Waals surface area contributed by atoms with Gasteiger partial charge in [-0.15, -0.1) is 0 Å². The molecule has 1 nitrogen and oxygen atoms in total. The van der Waals surface area contributed by atoms with Gasteiger partial charge < -0.3 is 5.32 Å². The molecule has 76 valence electrons. The summed E-state index contributed by atoms with van der Waals surface area (Å²) in [6.45, 7) is 0.440. The minimum atomic E-state index is -0.700. The predicted octanol–water partition coefficient (Wildman–Crippen LogP) is 3.10. The van der Waals surface area contributed by atoms with Crippen LogP contribution in [0, 0.1) is 0 Å². The van der Waals surface area contributed by atoms with E-state index in [9.17, 15) is 4.39 Å². The number of alkyl halides is 1. The van der Waals surface area contributed by atoms with E-state index in [0.717, 1.165) is 17.0 Å². The highest BCUT2D eigenvalue weighted by Crippen LogP contribution is 2.29. The molecule has 0 bridgehead atoms. The van der Waals surface area contributed by atoms with Crippen LogP contribution in [0.3, 0.4) is 0 Å². The maximum Gasteiger partial charge on any atom is 0.113 e. The first-order chi connectivity index (χ1) is 6.77. The molecular formula is C11H13ClFN.